The second-order valence-electron chi connectivity index (χ2n) is 5.93. The van der Waals surface area contributed by atoms with Crippen LogP contribution in [0.25, 0.3) is 22.4 Å². The molecule has 27 heavy (non-hydrogen) atoms. The Labute approximate surface area is 157 Å². The molecule has 3 rings (SSSR count). The Morgan fingerprint density at radius 3 is 2.41 bits per heavy atom. The lowest BCUT2D eigenvalue weighted by Gasteiger charge is -2.13. The number of anilines is 1. The van der Waals surface area contributed by atoms with E-state index in [-0.39, 0.29) is 11.6 Å². The Morgan fingerprint density at radius 2 is 1.78 bits per heavy atom. The minimum atomic E-state index is 0.155. The van der Waals surface area contributed by atoms with Gasteiger partial charge in [0.15, 0.2) is 0 Å². The van der Waals surface area contributed by atoms with E-state index in [0.717, 1.165) is 16.7 Å². The standard InChI is InChI=1S/C21H19N3O3/c1-26-12-15-9-14(5-8-20(15)27-2)17-10-19(24-21(23)18(17)11-22)13-3-6-16(25)7-4-13/h3-10,25H,12H2,1-2H3,(H2,23,24). The third kappa shape index (κ3) is 3.68. The predicted molar refractivity (Wildman–Crippen MR) is 103 cm³/mol. The van der Waals surface area contributed by atoms with Gasteiger partial charge < -0.3 is 20.3 Å². The van der Waals surface area contributed by atoms with Gasteiger partial charge in [0.25, 0.3) is 0 Å². The summed E-state index contributed by atoms with van der Waals surface area (Å²) >= 11 is 0. The molecule has 3 N–H and O–H groups in total. The van der Waals surface area contributed by atoms with E-state index in [9.17, 15) is 10.4 Å². The molecule has 0 aliphatic carbocycles. The summed E-state index contributed by atoms with van der Waals surface area (Å²) in [7, 11) is 3.21. The van der Waals surface area contributed by atoms with Crippen molar-refractivity contribution in [2.24, 2.45) is 0 Å². The number of nitriles is 1. The van der Waals surface area contributed by atoms with Crippen LogP contribution in [0.2, 0.25) is 0 Å². The second kappa shape index (κ2) is 7.77. The molecule has 0 radical (unpaired) electrons. The molecular weight excluding hydrogens is 342 g/mol. The van der Waals surface area contributed by atoms with Crippen LogP contribution >= 0.6 is 0 Å². The fourth-order valence-corrected chi connectivity index (χ4v) is 2.90. The first-order chi connectivity index (χ1) is 13.1. The van der Waals surface area contributed by atoms with Gasteiger partial charge in [-0.3, -0.25) is 0 Å². The lowest BCUT2D eigenvalue weighted by Crippen LogP contribution is -2.01. The maximum atomic E-state index is 9.58. The number of hydrogen-bond donors (Lipinski definition) is 2. The Morgan fingerprint density at radius 1 is 1.07 bits per heavy atom. The molecule has 6 heteroatoms. The van der Waals surface area contributed by atoms with Gasteiger partial charge in [-0.1, -0.05) is 6.07 Å². The van der Waals surface area contributed by atoms with Crippen LogP contribution in [0.1, 0.15) is 11.1 Å². The molecule has 0 amide bonds. The number of aromatic hydroxyl groups is 1. The van der Waals surface area contributed by atoms with E-state index in [2.05, 4.69) is 11.1 Å². The highest BCUT2D eigenvalue weighted by molar-refractivity contribution is 5.80. The minimum absolute atomic E-state index is 0.155. The van der Waals surface area contributed by atoms with Crippen LogP contribution in [-0.2, 0) is 11.3 Å². The number of benzene rings is 2. The van der Waals surface area contributed by atoms with E-state index in [1.54, 1.807) is 38.5 Å². The average molecular weight is 361 g/mol. The SMILES string of the molecule is COCc1cc(-c2cc(-c3ccc(O)cc3)nc(N)c2C#N)ccc1OC. The second-order valence-corrected chi connectivity index (χ2v) is 5.93. The van der Waals surface area contributed by atoms with Crippen LogP contribution in [0.4, 0.5) is 5.82 Å². The van der Waals surface area contributed by atoms with Crippen LogP contribution < -0.4 is 10.5 Å². The van der Waals surface area contributed by atoms with E-state index in [0.29, 0.717) is 29.2 Å². The van der Waals surface area contributed by atoms with Crippen molar-refractivity contribution < 1.29 is 14.6 Å². The zero-order chi connectivity index (χ0) is 19.4. The predicted octanol–water partition coefficient (Wildman–Crippen LogP) is 3.73. The molecule has 0 atom stereocenters. The molecule has 3 aromatic rings. The molecule has 0 aliphatic heterocycles. The zero-order valence-electron chi connectivity index (χ0n) is 15.1. The van der Waals surface area contributed by atoms with Crippen LogP contribution in [0.5, 0.6) is 11.5 Å². The molecule has 0 aliphatic rings. The van der Waals surface area contributed by atoms with Gasteiger partial charge in [0, 0.05) is 23.8 Å². The number of phenols is 1. The summed E-state index contributed by atoms with van der Waals surface area (Å²) in [6.45, 7) is 0.379. The molecule has 1 heterocycles. The van der Waals surface area contributed by atoms with E-state index < -0.39 is 0 Å². The first-order valence-electron chi connectivity index (χ1n) is 8.23. The van der Waals surface area contributed by atoms with Crippen LogP contribution in [0.15, 0.2) is 48.5 Å². The number of aromatic nitrogens is 1. The molecular formula is C21H19N3O3. The quantitative estimate of drug-likeness (QED) is 0.718. The highest BCUT2D eigenvalue weighted by Gasteiger charge is 2.15. The number of hydrogen-bond acceptors (Lipinski definition) is 6. The molecule has 6 nitrogen and oxygen atoms in total. The molecule has 0 spiro atoms. The van der Waals surface area contributed by atoms with Crippen molar-refractivity contribution in [3.8, 4) is 40.0 Å². The Kier molecular flexibility index (Phi) is 5.25. The van der Waals surface area contributed by atoms with E-state index in [1.807, 2.05) is 24.3 Å². The van der Waals surface area contributed by atoms with Gasteiger partial charge in [-0.15, -0.1) is 0 Å². The third-order valence-corrected chi connectivity index (χ3v) is 4.21. The topological polar surface area (TPSA) is 101 Å². The summed E-state index contributed by atoms with van der Waals surface area (Å²) in [5, 5.41) is 19.1. The summed E-state index contributed by atoms with van der Waals surface area (Å²) in [5.41, 5.74) is 10.1. The Balaban J connectivity index is 2.18. The number of phenolic OH excluding ortho intramolecular Hbond substituents is 1. The molecule has 0 bridgehead atoms. The van der Waals surface area contributed by atoms with Crippen LogP contribution in [-0.4, -0.2) is 24.3 Å². The Bertz CT molecular complexity index is 1010. The largest absolute Gasteiger partial charge is 0.508 e. The zero-order valence-corrected chi connectivity index (χ0v) is 15.1. The number of nitrogen functional groups attached to an aromatic ring is 1. The van der Waals surface area contributed by atoms with Crippen molar-refractivity contribution in [3.63, 3.8) is 0 Å². The molecule has 136 valence electrons. The summed E-state index contributed by atoms with van der Waals surface area (Å²) in [6.07, 6.45) is 0. The lowest BCUT2D eigenvalue weighted by atomic mass is 9.96. The molecule has 2 aromatic carbocycles. The van der Waals surface area contributed by atoms with Crippen molar-refractivity contribution in [1.29, 1.82) is 5.26 Å². The third-order valence-electron chi connectivity index (χ3n) is 4.21. The Hall–Kier alpha value is -3.56. The van der Waals surface area contributed by atoms with Crippen LogP contribution in [0, 0.1) is 11.3 Å². The van der Waals surface area contributed by atoms with Gasteiger partial charge in [-0.2, -0.15) is 5.26 Å². The van der Waals surface area contributed by atoms with Crippen molar-refractivity contribution in [3.05, 3.63) is 59.7 Å². The van der Waals surface area contributed by atoms with Crippen molar-refractivity contribution in [1.82, 2.24) is 4.98 Å². The van der Waals surface area contributed by atoms with Crippen molar-refractivity contribution in [2.45, 2.75) is 6.61 Å². The average Bonchev–Trinajstić information content (AvgIpc) is 2.68. The van der Waals surface area contributed by atoms with E-state index >= 15 is 0 Å². The number of nitrogens with two attached hydrogens (primary N) is 1. The van der Waals surface area contributed by atoms with Gasteiger partial charge in [0.1, 0.15) is 28.9 Å². The number of pyridine rings is 1. The molecule has 0 unspecified atom stereocenters. The van der Waals surface area contributed by atoms with E-state index in [4.69, 9.17) is 15.2 Å². The summed E-state index contributed by atoms with van der Waals surface area (Å²) < 4.78 is 10.6. The van der Waals surface area contributed by atoms with Gasteiger partial charge in [0.05, 0.1) is 19.4 Å². The normalized spacial score (nSPS) is 10.4. The van der Waals surface area contributed by atoms with Gasteiger partial charge in [0.2, 0.25) is 0 Å². The smallest absolute Gasteiger partial charge is 0.142 e. The summed E-state index contributed by atoms with van der Waals surface area (Å²) in [4.78, 5) is 4.35. The van der Waals surface area contributed by atoms with Crippen molar-refractivity contribution >= 4 is 5.82 Å². The highest BCUT2D eigenvalue weighted by atomic mass is 16.5. The summed E-state index contributed by atoms with van der Waals surface area (Å²) in [5.74, 6) is 1.03. The first kappa shape index (κ1) is 18.2. The van der Waals surface area contributed by atoms with Crippen molar-refractivity contribution in [2.75, 3.05) is 20.0 Å². The van der Waals surface area contributed by atoms with Gasteiger partial charge >= 0.3 is 0 Å². The fourth-order valence-electron chi connectivity index (χ4n) is 2.90. The van der Waals surface area contributed by atoms with Crippen LogP contribution in [0.3, 0.4) is 0 Å². The molecule has 0 saturated carbocycles. The summed E-state index contributed by atoms with van der Waals surface area (Å²) in [6, 6.07) is 16.2. The first-order valence-corrected chi connectivity index (χ1v) is 8.23. The number of rotatable bonds is 5. The minimum Gasteiger partial charge on any atom is -0.508 e. The molecule has 0 fully saturated rings. The fraction of sp³-hybridized carbons (Fsp3) is 0.143. The molecule has 1 aromatic heterocycles. The lowest BCUT2D eigenvalue weighted by molar-refractivity contribution is 0.181. The number of ether oxygens (including phenoxy) is 2. The maximum absolute atomic E-state index is 9.58. The number of methoxy groups -OCH3 is 2. The van der Waals surface area contributed by atoms with Gasteiger partial charge in [-0.05, 0) is 48.0 Å². The highest BCUT2D eigenvalue weighted by Crippen LogP contribution is 2.34. The molecule has 0 saturated heterocycles. The monoisotopic (exact) mass is 361 g/mol. The number of nitrogens with zero attached hydrogens (tertiary/aromatic N) is 2. The van der Waals surface area contributed by atoms with Gasteiger partial charge in [-0.25, -0.2) is 4.98 Å². The van der Waals surface area contributed by atoms with E-state index in [1.165, 1.54) is 0 Å². The maximum Gasteiger partial charge on any atom is 0.142 e.